The summed E-state index contributed by atoms with van der Waals surface area (Å²) in [5.41, 5.74) is 1.51. The number of hydrogen-bond acceptors (Lipinski definition) is 8. The summed E-state index contributed by atoms with van der Waals surface area (Å²) in [6.45, 7) is 5.77. The summed E-state index contributed by atoms with van der Waals surface area (Å²) in [7, 11) is 0. The van der Waals surface area contributed by atoms with E-state index in [4.69, 9.17) is 4.74 Å². The van der Waals surface area contributed by atoms with Gasteiger partial charge in [-0.2, -0.15) is 0 Å². The second kappa shape index (κ2) is 9.09. The second-order valence-corrected chi connectivity index (χ2v) is 11.1. The van der Waals surface area contributed by atoms with Crippen LogP contribution in [0.3, 0.4) is 0 Å². The number of carbonyl (C=O) groups is 3. The second-order valence-electron chi connectivity index (χ2n) is 9.57. The Hall–Kier alpha value is -2.66. The van der Waals surface area contributed by atoms with Crippen LogP contribution in [-0.4, -0.2) is 78.1 Å². The molecule has 3 fully saturated rings. The minimum atomic E-state index is -0.809. The van der Waals surface area contributed by atoms with E-state index in [1.54, 1.807) is 28.3 Å². The molecule has 11 heteroatoms. The number of rotatable bonds is 8. The number of fused-ring (bicyclic) bond motifs is 2. The van der Waals surface area contributed by atoms with Crippen LogP contribution in [-0.2, 0) is 25.8 Å². The summed E-state index contributed by atoms with van der Waals surface area (Å²) in [6.07, 6.45) is 1.23. The van der Waals surface area contributed by atoms with Crippen molar-refractivity contribution >= 4 is 40.6 Å². The molecule has 4 heterocycles. The van der Waals surface area contributed by atoms with Crippen LogP contribution in [0.15, 0.2) is 24.3 Å². The third-order valence-electron chi connectivity index (χ3n) is 7.89. The van der Waals surface area contributed by atoms with Gasteiger partial charge in [0, 0.05) is 5.25 Å². The highest BCUT2D eigenvalue weighted by atomic mass is 32.2. The number of hydrogen-bond donors (Lipinski definition) is 2. The van der Waals surface area contributed by atoms with Gasteiger partial charge in [-0.3, -0.25) is 14.4 Å². The van der Waals surface area contributed by atoms with Crippen LogP contribution in [0.1, 0.15) is 33.6 Å². The Balaban J connectivity index is 1.50. The number of aromatic nitrogens is 3. The van der Waals surface area contributed by atoms with E-state index in [9.17, 15) is 19.5 Å². The molecule has 10 nitrogen and oxygen atoms in total. The van der Waals surface area contributed by atoms with Crippen molar-refractivity contribution in [3.8, 4) is 0 Å². The van der Waals surface area contributed by atoms with E-state index >= 15 is 0 Å². The molecule has 0 aliphatic carbocycles. The third kappa shape index (κ3) is 3.46. The molecule has 1 aromatic heterocycles. The van der Waals surface area contributed by atoms with Crippen LogP contribution in [0.25, 0.3) is 11.0 Å². The van der Waals surface area contributed by atoms with Crippen molar-refractivity contribution in [2.24, 2.45) is 17.8 Å². The summed E-state index contributed by atoms with van der Waals surface area (Å²) in [4.78, 5) is 42.3. The Morgan fingerprint density at radius 1 is 1.34 bits per heavy atom. The van der Waals surface area contributed by atoms with E-state index in [0.29, 0.717) is 6.42 Å². The maximum atomic E-state index is 13.9. The fourth-order valence-electron chi connectivity index (χ4n) is 6.36. The van der Waals surface area contributed by atoms with Crippen LogP contribution in [0.4, 0.5) is 0 Å². The minimum absolute atomic E-state index is 0.0428. The molecule has 3 aliphatic heterocycles. The Kier molecular flexibility index (Phi) is 6.25. The van der Waals surface area contributed by atoms with E-state index in [2.05, 4.69) is 22.6 Å². The molecular formula is C24H31N5O5S. The first-order chi connectivity index (χ1) is 16.9. The monoisotopic (exact) mass is 501 g/mol. The highest BCUT2D eigenvalue weighted by Gasteiger charge is 2.76. The number of thioether (sulfide) groups is 1. The number of likely N-dealkylation sites (tertiary alicyclic amines) is 1. The van der Waals surface area contributed by atoms with Gasteiger partial charge in [-0.05, 0) is 37.8 Å². The maximum absolute atomic E-state index is 13.9. The first-order valence-corrected chi connectivity index (χ1v) is 13.1. The van der Waals surface area contributed by atoms with Gasteiger partial charge < -0.3 is 20.1 Å². The molecule has 2 N–H and O–H groups in total. The average molecular weight is 502 g/mol. The Labute approximate surface area is 207 Å². The van der Waals surface area contributed by atoms with Crippen molar-refractivity contribution in [3.63, 3.8) is 0 Å². The summed E-state index contributed by atoms with van der Waals surface area (Å²) in [6, 6.07) is 6.15. The fourth-order valence-corrected chi connectivity index (χ4v) is 8.75. The fraction of sp³-hybridized carbons (Fsp3) is 0.625. The molecule has 3 saturated heterocycles. The van der Waals surface area contributed by atoms with Crippen LogP contribution < -0.4 is 5.32 Å². The molecule has 5 rings (SSSR count). The van der Waals surface area contributed by atoms with Gasteiger partial charge in [0.2, 0.25) is 11.8 Å². The quantitative estimate of drug-likeness (QED) is 0.517. The number of aliphatic hydroxyl groups excluding tert-OH is 1. The molecule has 2 amide bonds. The molecule has 3 aliphatic rings. The van der Waals surface area contributed by atoms with E-state index in [-0.39, 0.29) is 48.8 Å². The predicted molar refractivity (Wildman–Crippen MR) is 129 cm³/mol. The lowest BCUT2D eigenvalue weighted by molar-refractivity contribution is -0.154. The van der Waals surface area contributed by atoms with E-state index < -0.39 is 28.7 Å². The van der Waals surface area contributed by atoms with Gasteiger partial charge in [-0.25, -0.2) is 4.68 Å². The zero-order valence-corrected chi connectivity index (χ0v) is 20.9. The average Bonchev–Trinajstić information content (AvgIpc) is 3.56. The number of amides is 2. The molecule has 2 bridgehead atoms. The molecule has 7 atom stereocenters. The van der Waals surface area contributed by atoms with Gasteiger partial charge in [-0.1, -0.05) is 31.2 Å². The van der Waals surface area contributed by atoms with Crippen LogP contribution >= 0.6 is 11.8 Å². The van der Waals surface area contributed by atoms with Crippen LogP contribution in [0, 0.1) is 17.8 Å². The van der Waals surface area contributed by atoms with E-state index in [0.717, 1.165) is 17.5 Å². The van der Waals surface area contributed by atoms with Gasteiger partial charge in [0.25, 0.3) is 0 Å². The van der Waals surface area contributed by atoms with Crippen LogP contribution in [0.5, 0.6) is 0 Å². The number of aliphatic hydroxyl groups is 1. The third-order valence-corrected chi connectivity index (χ3v) is 9.97. The van der Waals surface area contributed by atoms with Crippen molar-refractivity contribution < 1.29 is 24.2 Å². The lowest BCUT2D eigenvalue weighted by atomic mass is 9.66. The zero-order chi connectivity index (χ0) is 24.9. The van der Waals surface area contributed by atoms with Crippen molar-refractivity contribution in [1.29, 1.82) is 0 Å². The summed E-state index contributed by atoms with van der Waals surface area (Å²) in [5, 5.41) is 21.3. The van der Waals surface area contributed by atoms with E-state index in [1.165, 1.54) is 0 Å². The summed E-state index contributed by atoms with van der Waals surface area (Å²) >= 11 is 1.59. The highest BCUT2D eigenvalue weighted by molar-refractivity contribution is 8.02. The highest BCUT2D eigenvalue weighted by Crippen LogP contribution is 2.68. The molecule has 3 unspecified atom stereocenters. The number of nitrogens with one attached hydrogen (secondary N) is 1. The molecule has 1 aromatic carbocycles. The maximum Gasteiger partial charge on any atom is 0.310 e. The largest absolute Gasteiger partial charge is 0.466 e. The van der Waals surface area contributed by atoms with Crippen LogP contribution in [0.2, 0.25) is 0 Å². The van der Waals surface area contributed by atoms with Gasteiger partial charge in [0.15, 0.2) is 0 Å². The lowest BCUT2D eigenvalue weighted by Gasteiger charge is -2.39. The SMILES string of the molecule is CCOC(=O)[C@@H]1[C@@H]2CC(C)C3(S2)C(C(=O)NCn2nnc4ccccc42)N([C@@H](CC)CO)C(=O)[C@H]13. The smallest absolute Gasteiger partial charge is 0.310 e. The topological polar surface area (TPSA) is 127 Å². The number of benzene rings is 1. The van der Waals surface area contributed by atoms with Gasteiger partial charge >= 0.3 is 5.97 Å². The van der Waals surface area contributed by atoms with Crippen molar-refractivity contribution in [3.05, 3.63) is 24.3 Å². The Bertz CT molecular complexity index is 1150. The molecule has 2 aromatic rings. The minimum Gasteiger partial charge on any atom is -0.466 e. The molecule has 35 heavy (non-hydrogen) atoms. The van der Waals surface area contributed by atoms with Gasteiger partial charge in [-0.15, -0.1) is 16.9 Å². The molecule has 0 saturated carbocycles. The number of carbonyl (C=O) groups excluding carboxylic acids is 3. The molecule has 188 valence electrons. The Morgan fingerprint density at radius 2 is 2.11 bits per heavy atom. The summed E-state index contributed by atoms with van der Waals surface area (Å²) < 4.78 is 6.21. The zero-order valence-electron chi connectivity index (χ0n) is 20.1. The molecule has 1 spiro atoms. The van der Waals surface area contributed by atoms with Gasteiger partial charge in [0.05, 0.1) is 41.4 Å². The first kappa shape index (κ1) is 24.1. The van der Waals surface area contributed by atoms with Crippen molar-refractivity contribution in [2.45, 2.75) is 62.4 Å². The van der Waals surface area contributed by atoms with E-state index in [1.807, 2.05) is 31.2 Å². The molecular weight excluding hydrogens is 470 g/mol. The number of ether oxygens (including phenoxy) is 1. The summed E-state index contributed by atoms with van der Waals surface area (Å²) in [5.74, 6) is -2.11. The Morgan fingerprint density at radius 3 is 2.83 bits per heavy atom. The van der Waals surface area contributed by atoms with Crippen molar-refractivity contribution in [2.75, 3.05) is 13.2 Å². The van der Waals surface area contributed by atoms with Gasteiger partial charge in [0.1, 0.15) is 18.2 Å². The number of esters is 1. The first-order valence-electron chi connectivity index (χ1n) is 12.2. The standard InChI is InChI=1S/C24H31N5O5S/c1-4-14(11-30)29-20(21(31)25-12-28-16-9-7-6-8-15(16)26-27-28)24-13(3)10-17(35-24)18(19(24)22(29)32)23(33)34-5-2/h6-9,13-14,17-20,30H,4-5,10-12H2,1-3H3,(H,25,31)/t13?,14-,17-,18+,19-,20?,24?/m0/s1. The predicted octanol–water partition coefficient (Wildman–Crippen LogP) is 1.18. The van der Waals surface area contributed by atoms with Crippen molar-refractivity contribution in [1.82, 2.24) is 25.2 Å². The normalized spacial score (nSPS) is 32.2. The number of nitrogens with zero attached hydrogens (tertiary/aromatic N) is 4. The lowest BCUT2D eigenvalue weighted by Crippen LogP contribution is -2.58. The molecule has 0 radical (unpaired) electrons. The number of para-hydroxylation sites is 1.